The zero-order valence-electron chi connectivity index (χ0n) is 16.9. The molecule has 160 valence electrons. The lowest BCUT2D eigenvalue weighted by atomic mass is 10.0. The molecule has 3 heterocycles. The Morgan fingerprint density at radius 3 is 2.48 bits per heavy atom. The van der Waals surface area contributed by atoms with Crippen molar-refractivity contribution >= 4 is 28.6 Å². The number of amides is 2. The first-order valence-electron chi connectivity index (χ1n) is 10.5. The number of oxazole rings is 1. The van der Waals surface area contributed by atoms with Gasteiger partial charge in [-0.1, -0.05) is 24.3 Å². The van der Waals surface area contributed by atoms with Gasteiger partial charge in [0.25, 0.3) is 0 Å². The lowest BCUT2D eigenvalue weighted by Gasteiger charge is -2.33. The smallest absolute Gasteiger partial charge is 0.408 e. The Kier molecular flexibility index (Phi) is 4.84. The third-order valence-corrected chi connectivity index (χ3v) is 6.28. The minimum atomic E-state index is -0.485. The number of hydrogen-bond acceptors (Lipinski definition) is 4. The average molecular weight is 423 g/mol. The third kappa shape index (κ3) is 3.41. The van der Waals surface area contributed by atoms with Gasteiger partial charge >= 0.3 is 5.76 Å². The molecular formula is C23H22FN3O4. The molecule has 0 unspecified atom stereocenters. The van der Waals surface area contributed by atoms with Gasteiger partial charge in [-0.3, -0.25) is 14.2 Å². The summed E-state index contributed by atoms with van der Waals surface area (Å²) >= 11 is 0. The van der Waals surface area contributed by atoms with E-state index < -0.39 is 11.7 Å². The van der Waals surface area contributed by atoms with Gasteiger partial charge in [0.2, 0.25) is 11.8 Å². The molecule has 3 aromatic rings. The number of rotatable bonds is 3. The molecule has 5 rings (SSSR count). The van der Waals surface area contributed by atoms with Crippen molar-refractivity contribution < 1.29 is 18.4 Å². The molecule has 0 radical (unpaired) electrons. The second kappa shape index (κ2) is 7.68. The molecule has 31 heavy (non-hydrogen) atoms. The van der Waals surface area contributed by atoms with Gasteiger partial charge in [0.15, 0.2) is 5.58 Å². The molecule has 1 aromatic heterocycles. The van der Waals surface area contributed by atoms with Gasteiger partial charge < -0.3 is 14.2 Å². The van der Waals surface area contributed by atoms with Crippen molar-refractivity contribution in [3.05, 3.63) is 64.9 Å². The molecule has 0 spiro atoms. The highest BCUT2D eigenvalue weighted by atomic mass is 19.1. The monoisotopic (exact) mass is 423 g/mol. The number of halogens is 1. The van der Waals surface area contributed by atoms with Gasteiger partial charge in [0.05, 0.1) is 17.1 Å². The quantitative estimate of drug-likeness (QED) is 0.649. The first-order chi connectivity index (χ1) is 15.0. The molecule has 0 N–H and O–H groups in total. The molecule has 2 aliphatic heterocycles. The van der Waals surface area contributed by atoms with Crippen molar-refractivity contribution in [2.45, 2.75) is 25.3 Å². The first-order valence-corrected chi connectivity index (χ1v) is 10.5. The van der Waals surface area contributed by atoms with E-state index in [2.05, 4.69) is 0 Å². The zero-order valence-corrected chi connectivity index (χ0v) is 16.9. The van der Waals surface area contributed by atoms with Crippen LogP contribution in [0.25, 0.3) is 11.1 Å². The van der Waals surface area contributed by atoms with Crippen LogP contribution in [0.15, 0.2) is 57.7 Å². The molecule has 8 heteroatoms. The minimum absolute atomic E-state index is 0.0414. The van der Waals surface area contributed by atoms with Crippen LogP contribution >= 0.6 is 0 Å². The molecule has 2 saturated heterocycles. The number of hydrogen-bond donors (Lipinski definition) is 0. The predicted molar refractivity (Wildman–Crippen MR) is 112 cm³/mol. The normalized spacial score (nSPS) is 20.0. The molecule has 1 atom stereocenters. The summed E-state index contributed by atoms with van der Waals surface area (Å²) in [6, 6.07) is 13.4. The van der Waals surface area contributed by atoms with E-state index in [1.165, 1.54) is 11.0 Å². The maximum Gasteiger partial charge on any atom is 0.420 e. The molecular weight excluding hydrogens is 401 g/mol. The second-order valence-electron chi connectivity index (χ2n) is 8.12. The van der Waals surface area contributed by atoms with Crippen LogP contribution in [0.2, 0.25) is 0 Å². The van der Waals surface area contributed by atoms with Crippen molar-refractivity contribution in [3.8, 4) is 0 Å². The Balaban J connectivity index is 1.26. The van der Waals surface area contributed by atoms with Crippen molar-refractivity contribution in [2.24, 2.45) is 5.92 Å². The lowest BCUT2D eigenvalue weighted by molar-refractivity contribution is -0.137. The Labute approximate surface area is 177 Å². The van der Waals surface area contributed by atoms with E-state index >= 15 is 0 Å². The number of piperidine rings is 1. The van der Waals surface area contributed by atoms with Crippen LogP contribution in [0.3, 0.4) is 0 Å². The Morgan fingerprint density at radius 2 is 1.71 bits per heavy atom. The van der Waals surface area contributed by atoms with E-state index in [1.807, 2.05) is 18.2 Å². The number of aromatic nitrogens is 1. The fraction of sp³-hybridized carbons (Fsp3) is 0.348. The Morgan fingerprint density at radius 1 is 1.00 bits per heavy atom. The molecule has 2 amide bonds. The third-order valence-electron chi connectivity index (χ3n) is 6.28. The van der Waals surface area contributed by atoms with Gasteiger partial charge in [0, 0.05) is 32.1 Å². The van der Waals surface area contributed by atoms with E-state index in [4.69, 9.17) is 4.42 Å². The highest BCUT2D eigenvalue weighted by molar-refractivity contribution is 6.00. The minimum Gasteiger partial charge on any atom is -0.408 e. The van der Waals surface area contributed by atoms with E-state index in [0.717, 1.165) is 5.52 Å². The molecule has 0 bridgehead atoms. The van der Waals surface area contributed by atoms with Crippen molar-refractivity contribution in [2.75, 3.05) is 24.5 Å². The summed E-state index contributed by atoms with van der Waals surface area (Å²) in [5.41, 5.74) is 1.54. The van der Waals surface area contributed by atoms with Crippen LogP contribution in [0, 0.1) is 11.7 Å². The van der Waals surface area contributed by atoms with Crippen molar-refractivity contribution in [1.29, 1.82) is 0 Å². The fourth-order valence-corrected chi connectivity index (χ4v) is 4.71. The van der Waals surface area contributed by atoms with Gasteiger partial charge in [-0.25, -0.2) is 9.18 Å². The van der Waals surface area contributed by atoms with Crippen LogP contribution in [0.4, 0.5) is 10.1 Å². The van der Waals surface area contributed by atoms with Gasteiger partial charge in [-0.05, 0) is 37.1 Å². The summed E-state index contributed by atoms with van der Waals surface area (Å²) in [6.07, 6.45) is 1.35. The molecule has 2 aliphatic rings. The lowest BCUT2D eigenvalue weighted by Crippen LogP contribution is -2.43. The molecule has 2 fully saturated rings. The number of benzene rings is 2. The zero-order chi connectivity index (χ0) is 21.5. The van der Waals surface area contributed by atoms with Crippen LogP contribution in [-0.2, 0) is 9.59 Å². The summed E-state index contributed by atoms with van der Waals surface area (Å²) in [6.45, 7) is 1.18. The number of anilines is 1. The number of para-hydroxylation sites is 3. The Hall–Kier alpha value is -3.42. The van der Waals surface area contributed by atoms with Gasteiger partial charge in [-0.15, -0.1) is 0 Å². The predicted octanol–water partition coefficient (Wildman–Crippen LogP) is 2.95. The van der Waals surface area contributed by atoms with Crippen LogP contribution in [0.5, 0.6) is 0 Å². The highest BCUT2D eigenvalue weighted by Gasteiger charge is 2.39. The van der Waals surface area contributed by atoms with Crippen molar-refractivity contribution in [3.63, 3.8) is 0 Å². The molecule has 0 saturated carbocycles. The summed E-state index contributed by atoms with van der Waals surface area (Å²) < 4.78 is 21.1. The number of carbonyl (C=O) groups excluding carboxylic acids is 2. The van der Waals surface area contributed by atoms with Gasteiger partial charge in [0.1, 0.15) is 5.82 Å². The van der Waals surface area contributed by atoms with E-state index in [-0.39, 0.29) is 42.3 Å². The van der Waals surface area contributed by atoms with Crippen LogP contribution < -0.4 is 10.7 Å². The SMILES string of the molecule is O=C([C@@H]1CC(=O)N(c2ccccc2F)C1)N1CCC(n2c(=O)oc3ccccc32)CC1. The number of likely N-dealkylation sites (tertiary alicyclic amines) is 1. The summed E-state index contributed by atoms with van der Waals surface area (Å²) in [4.78, 5) is 40.9. The maximum absolute atomic E-state index is 14.1. The summed E-state index contributed by atoms with van der Waals surface area (Å²) in [5, 5.41) is 0. The number of carbonyl (C=O) groups is 2. The fourth-order valence-electron chi connectivity index (χ4n) is 4.71. The standard InChI is InChI=1S/C23H22FN3O4/c24-17-5-1-2-6-18(17)26-14-15(13-21(26)28)22(29)25-11-9-16(10-12-25)27-19-7-3-4-8-20(19)31-23(27)30/h1-8,15-16H,9-14H2/t15-/m1/s1. The average Bonchev–Trinajstić information content (AvgIpc) is 3.33. The molecule has 2 aromatic carbocycles. The topological polar surface area (TPSA) is 75.8 Å². The van der Waals surface area contributed by atoms with Gasteiger partial charge in [-0.2, -0.15) is 0 Å². The van der Waals surface area contributed by atoms with Crippen LogP contribution in [0.1, 0.15) is 25.3 Å². The number of nitrogens with zero attached hydrogens (tertiary/aromatic N) is 3. The highest BCUT2D eigenvalue weighted by Crippen LogP contribution is 2.31. The Bertz CT molecular complexity index is 1210. The van der Waals surface area contributed by atoms with Crippen LogP contribution in [-0.4, -0.2) is 40.9 Å². The van der Waals surface area contributed by atoms with E-state index in [9.17, 15) is 18.8 Å². The first kappa shape index (κ1) is 19.5. The maximum atomic E-state index is 14.1. The summed E-state index contributed by atoms with van der Waals surface area (Å²) in [5.74, 6) is -1.67. The number of fused-ring (bicyclic) bond motifs is 1. The van der Waals surface area contributed by atoms with Crippen molar-refractivity contribution in [1.82, 2.24) is 9.47 Å². The second-order valence-corrected chi connectivity index (χ2v) is 8.12. The van der Waals surface area contributed by atoms with E-state index in [1.54, 1.807) is 33.7 Å². The largest absolute Gasteiger partial charge is 0.420 e. The molecule has 0 aliphatic carbocycles. The summed E-state index contributed by atoms with van der Waals surface area (Å²) in [7, 11) is 0. The van der Waals surface area contributed by atoms with E-state index in [0.29, 0.717) is 31.5 Å². The molecule has 7 nitrogen and oxygen atoms in total.